The zero-order chi connectivity index (χ0) is 28.8. The highest BCUT2D eigenvalue weighted by atomic mass is 35.5. The topological polar surface area (TPSA) is 130 Å². The van der Waals surface area contributed by atoms with Crippen molar-refractivity contribution in [3.8, 4) is 16.9 Å². The Hall–Kier alpha value is -4.43. The van der Waals surface area contributed by atoms with Crippen LogP contribution in [0.1, 0.15) is 31.5 Å². The molecule has 0 saturated heterocycles. The molecule has 0 atom stereocenters. The van der Waals surface area contributed by atoms with Gasteiger partial charge in [-0.25, -0.2) is 9.67 Å². The SMILES string of the molecule is Cc1c(-c2cc(C(F)(F)F)nc3sc(C(N)=O)c(NC(=O)c4ccn(COc5ccccc5Cl)n4)c23)cnn1C. The molecule has 1 aromatic carbocycles. The molecule has 0 saturated carbocycles. The number of aromatic nitrogens is 5. The summed E-state index contributed by atoms with van der Waals surface area (Å²) in [5.41, 5.74) is 5.29. The predicted molar refractivity (Wildman–Crippen MR) is 142 cm³/mol. The molecule has 10 nitrogen and oxygen atoms in total. The molecule has 5 rings (SSSR count). The van der Waals surface area contributed by atoms with Crippen LogP contribution in [0.2, 0.25) is 5.02 Å². The molecule has 4 heterocycles. The number of thiophene rings is 1. The molecule has 0 aliphatic rings. The molecule has 2 amide bonds. The van der Waals surface area contributed by atoms with Crippen molar-refractivity contribution in [1.29, 1.82) is 0 Å². The highest BCUT2D eigenvalue weighted by Crippen LogP contribution is 2.44. The lowest BCUT2D eigenvalue weighted by Crippen LogP contribution is -2.18. The second-order valence-electron chi connectivity index (χ2n) is 8.57. The van der Waals surface area contributed by atoms with Gasteiger partial charge < -0.3 is 15.8 Å². The molecule has 0 aliphatic heterocycles. The summed E-state index contributed by atoms with van der Waals surface area (Å²) in [5, 5.41) is 11.4. The third-order valence-electron chi connectivity index (χ3n) is 6.00. The minimum absolute atomic E-state index is 0.0449. The molecule has 4 aromatic heterocycles. The highest BCUT2D eigenvalue weighted by molar-refractivity contribution is 7.21. The number of benzene rings is 1. The van der Waals surface area contributed by atoms with E-state index in [-0.39, 0.29) is 38.8 Å². The van der Waals surface area contributed by atoms with Crippen LogP contribution in [0.4, 0.5) is 18.9 Å². The lowest BCUT2D eigenvalue weighted by molar-refractivity contribution is -0.140. The first-order valence-corrected chi connectivity index (χ1v) is 12.7. The number of amides is 2. The maximum absolute atomic E-state index is 13.7. The molecule has 0 unspecified atom stereocenters. The van der Waals surface area contributed by atoms with Crippen molar-refractivity contribution in [1.82, 2.24) is 24.5 Å². The molecule has 0 aliphatic carbocycles. The van der Waals surface area contributed by atoms with Gasteiger partial charge in [0, 0.05) is 29.9 Å². The van der Waals surface area contributed by atoms with E-state index in [4.69, 9.17) is 22.1 Å². The Bertz CT molecular complexity index is 1780. The fourth-order valence-corrected chi connectivity index (χ4v) is 5.14. The van der Waals surface area contributed by atoms with E-state index in [0.29, 0.717) is 33.4 Å². The first-order valence-electron chi connectivity index (χ1n) is 11.5. The number of ether oxygens (including phenoxy) is 1. The minimum Gasteiger partial charge on any atom is -0.470 e. The number of nitrogens with two attached hydrogens (primary N) is 1. The summed E-state index contributed by atoms with van der Waals surface area (Å²) < 4.78 is 49.7. The maximum atomic E-state index is 13.7. The van der Waals surface area contributed by atoms with Crippen molar-refractivity contribution >= 4 is 50.7 Å². The van der Waals surface area contributed by atoms with E-state index >= 15 is 0 Å². The van der Waals surface area contributed by atoms with E-state index in [9.17, 15) is 22.8 Å². The number of para-hydroxylation sites is 1. The molecule has 0 bridgehead atoms. The van der Waals surface area contributed by atoms with Crippen molar-refractivity contribution in [2.24, 2.45) is 12.8 Å². The van der Waals surface area contributed by atoms with Gasteiger partial charge in [-0.15, -0.1) is 11.3 Å². The van der Waals surface area contributed by atoms with Gasteiger partial charge in [-0.2, -0.15) is 23.4 Å². The number of halogens is 4. The smallest absolute Gasteiger partial charge is 0.433 e. The zero-order valence-corrected chi connectivity index (χ0v) is 22.4. The maximum Gasteiger partial charge on any atom is 0.433 e. The van der Waals surface area contributed by atoms with E-state index < -0.39 is 23.7 Å². The molecule has 0 fully saturated rings. The minimum atomic E-state index is -4.77. The summed E-state index contributed by atoms with van der Waals surface area (Å²) in [6, 6.07) is 9.11. The Morgan fingerprint density at radius 1 is 1.20 bits per heavy atom. The van der Waals surface area contributed by atoms with Crippen LogP contribution in [0.15, 0.2) is 48.8 Å². The number of alkyl halides is 3. The van der Waals surface area contributed by atoms with E-state index in [2.05, 4.69) is 20.5 Å². The number of aryl methyl sites for hydroxylation is 1. The van der Waals surface area contributed by atoms with Crippen molar-refractivity contribution < 1.29 is 27.5 Å². The predicted octanol–water partition coefficient (Wildman–Crippen LogP) is 5.26. The third kappa shape index (κ3) is 5.10. The Morgan fingerprint density at radius 3 is 2.60 bits per heavy atom. The van der Waals surface area contributed by atoms with Crippen LogP contribution in [0, 0.1) is 6.92 Å². The second kappa shape index (κ2) is 10.3. The number of primary amides is 1. The number of carbonyl (C=O) groups is 2. The molecule has 0 spiro atoms. The lowest BCUT2D eigenvalue weighted by Gasteiger charge is -2.12. The number of hydrogen-bond acceptors (Lipinski definition) is 7. The van der Waals surface area contributed by atoms with E-state index in [1.807, 2.05) is 0 Å². The Balaban J connectivity index is 1.54. The number of fused-ring (bicyclic) bond motifs is 1. The second-order valence-corrected chi connectivity index (χ2v) is 9.98. The number of carbonyl (C=O) groups excluding carboxylic acids is 2. The number of rotatable bonds is 7. The van der Waals surface area contributed by atoms with Crippen molar-refractivity contribution in [2.75, 3.05) is 5.32 Å². The van der Waals surface area contributed by atoms with E-state index in [0.717, 1.165) is 6.07 Å². The quantitative estimate of drug-likeness (QED) is 0.266. The molecule has 5 aromatic rings. The van der Waals surface area contributed by atoms with Gasteiger partial charge in [0.05, 0.1) is 16.9 Å². The van der Waals surface area contributed by atoms with Crippen LogP contribution in [0.5, 0.6) is 5.75 Å². The molecule has 3 N–H and O–H groups in total. The normalized spacial score (nSPS) is 11.7. The van der Waals surface area contributed by atoms with Crippen LogP contribution in [0.25, 0.3) is 21.3 Å². The van der Waals surface area contributed by atoms with Gasteiger partial charge in [0.25, 0.3) is 11.8 Å². The number of nitrogens with zero attached hydrogens (tertiary/aromatic N) is 5. The first kappa shape index (κ1) is 27.1. The van der Waals surface area contributed by atoms with Crippen molar-refractivity contribution in [3.05, 3.63) is 75.8 Å². The zero-order valence-electron chi connectivity index (χ0n) is 20.8. The Morgan fingerprint density at radius 2 is 1.95 bits per heavy atom. The summed E-state index contributed by atoms with van der Waals surface area (Å²) >= 11 is 6.74. The summed E-state index contributed by atoms with van der Waals surface area (Å²) in [5.74, 6) is -1.25. The molecular weight excluding hydrogens is 571 g/mol. The van der Waals surface area contributed by atoms with Crippen LogP contribution < -0.4 is 15.8 Å². The van der Waals surface area contributed by atoms with Crippen LogP contribution >= 0.6 is 22.9 Å². The van der Waals surface area contributed by atoms with Crippen molar-refractivity contribution in [3.63, 3.8) is 0 Å². The van der Waals surface area contributed by atoms with Crippen LogP contribution in [-0.2, 0) is 20.0 Å². The number of anilines is 1. The molecule has 0 radical (unpaired) electrons. The standard InChI is InChI=1S/C25H19ClF3N7O3S/c1-12-14(10-31-35(12)2)13-9-18(25(27,28)29)32-24-19(13)20(21(40-24)22(30)37)33-23(38)16-7-8-36(34-16)11-39-17-6-4-3-5-15(17)26/h3-10H,11H2,1-2H3,(H2,30,37)(H,33,38). The lowest BCUT2D eigenvalue weighted by atomic mass is 10.0. The Kier molecular flexibility index (Phi) is 6.98. The molecule has 40 heavy (non-hydrogen) atoms. The van der Waals surface area contributed by atoms with Gasteiger partial charge in [0.2, 0.25) is 0 Å². The average Bonchev–Trinajstić information content (AvgIpc) is 3.61. The monoisotopic (exact) mass is 589 g/mol. The largest absolute Gasteiger partial charge is 0.470 e. The van der Waals surface area contributed by atoms with E-state index in [1.54, 1.807) is 38.2 Å². The van der Waals surface area contributed by atoms with Crippen LogP contribution in [-0.4, -0.2) is 36.4 Å². The van der Waals surface area contributed by atoms with Gasteiger partial charge in [0.1, 0.15) is 21.2 Å². The first-order chi connectivity index (χ1) is 18.9. The van der Waals surface area contributed by atoms with Crippen LogP contribution in [0.3, 0.4) is 0 Å². The number of hydrogen-bond donors (Lipinski definition) is 2. The van der Waals surface area contributed by atoms with Gasteiger partial charge in [-0.1, -0.05) is 23.7 Å². The fourth-order valence-electron chi connectivity index (χ4n) is 3.94. The number of pyridine rings is 1. The summed E-state index contributed by atoms with van der Waals surface area (Å²) in [6.45, 7) is 1.62. The summed E-state index contributed by atoms with van der Waals surface area (Å²) in [6.07, 6.45) is -1.87. The molecule has 206 valence electrons. The van der Waals surface area contributed by atoms with Crippen molar-refractivity contribution in [2.45, 2.75) is 19.8 Å². The Labute approximate surface area is 233 Å². The average molecular weight is 590 g/mol. The fraction of sp³-hybridized carbons (Fsp3) is 0.160. The third-order valence-corrected chi connectivity index (χ3v) is 7.41. The molecule has 15 heteroatoms. The summed E-state index contributed by atoms with van der Waals surface area (Å²) in [7, 11) is 1.64. The van der Waals surface area contributed by atoms with Gasteiger partial charge >= 0.3 is 6.18 Å². The van der Waals surface area contributed by atoms with Gasteiger partial charge in [-0.3, -0.25) is 14.3 Å². The van der Waals surface area contributed by atoms with E-state index in [1.165, 1.54) is 27.8 Å². The van der Waals surface area contributed by atoms with Gasteiger partial charge in [-0.05, 0) is 36.8 Å². The number of nitrogens with one attached hydrogen (secondary N) is 1. The highest BCUT2D eigenvalue weighted by Gasteiger charge is 2.35. The molecular formula is C25H19ClF3N7O3S. The summed E-state index contributed by atoms with van der Waals surface area (Å²) in [4.78, 5) is 29.0. The van der Waals surface area contributed by atoms with Gasteiger partial charge in [0.15, 0.2) is 12.4 Å².